The molecule has 0 N–H and O–H groups in total. The molecule has 160 valence electrons. The summed E-state index contributed by atoms with van der Waals surface area (Å²) in [5.41, 5.74) is 6.03. The van der Waals surface area contributed by atoms with Crippen LogP contribution in [-0.4, -0.2) is 4.98 Å². The maximum atomic E-state index is 8.13. The third-order valence-electron chi connectivity index (χ3n) is 6.29. The maximum absolute atomic E-state index is 8.13. The highest BCUT2D eigenvalue weighted by Crippen LogP contribution is 2.37. The lowest BCUT2D eigenvalue weighted by Crippen LogP contribution is -2.31. The fourth-order valence-corrected chi connectivity index (χ4v) is 4.64. The van der Waals surface area contributed by atoms with Crippen LogP contribution in [0.4, 0.5) is 0 Å². The van der Waals surface area contributed by atoms with Gasteiger partial charge in [0.2, 0.25) is 5.69 Å². The predicted octanol–water partition coefficient (Wildman–Crippen LogP) is 7.22. The van der Waals surface area contributed by atoms with E-state index in [0.717, 1.165) is 27.8 Å². The van der Waals surface area contributed by atoms with Crippen molar-refractivity contribution < 1.29 is 17.2 Å². The van der Waals surface area contributed by atoms with Gasteiger partial charge in [-0.3, -0.25) is 0 Å². The molecule has 6 aromatic rings. The Hall–Kier alpha value is -3.98. The first kappa shape index (κ1) is 14.2. The van der Waals surface area contributed by atoms with E-state index in [1.54, 1.807) is 18.3 Å². The molecule has 3 aromatic heterocycles. The van der Waals surface area contributed by atoms with Gasteiger partial charge in [-0.1, -0.05) is 54.6 Å². The van der Waals surface area contributed by atoms with Crippen molar-refractivity contribution in [2.24, 2.45) is 7.05 Å². The summed E-state index contributed by atoms with van der Waals surface area (Å²) < 4.78 is 56.7. The minimum atomic E-state index is -2.38. The molecule has 0 aliphatic rings. The lowest BCUT2D eigenvalue weighted by atomic mass is 9.96. The van der Waals surface area contributed by atoms with E-state index in [1.165, 1.54) is 0 Å². The van der Waals surface area contributed by atoms with Crippen LogP contribution in [0.5, 0.6) is 0 Å². The Morgan fingerprint density at radius 2 is 1.61 bits per heavy atom. The predicted molar refractivity (Wildman–Crippen MR) is 135 cm³/mol. The van der Waals surface area contributed by atoms with Gasteiger partial charge in [0.25, 0.3) is 0 Å². The number of benzene rings is 3. The fourth-order valence-electron chi connectivity index (χ4n) is 4.64. The first-order valence-electron chi connectivity index (χ1n) is 13.8. The van der Waals surface area contributed by atoms with Crippen molar-refractivity contribution >= 4 is 32.8 Å². The summed E-state index contributed by atoms with van der Waals surface area (Å²) in [5.74, 6) is 0. The van der Waals surface area contributed by atoms with Gasteiger partial charge in [-0.2, -0.15) is 0 Å². The third-order valence-corrected chi connectivity index (χ3v) is 6.29. The minimum absolute atomic E-state index is 0.0502. The SMILES string of the molecule is [2H]C([2H])([2H])c1c[n+](C)c(-c2cc3oc4c5ccccc5c(C([2H])([2H])[2H])nc4c3cc2C)cc1-c1ccccc1. The largest absolute Gasteiger partial charge is 0.454 e. The van der Waals surface area contributed by atoms with Crippen molar-refractivity contribution in [1.82, 2.24) is 4.98 Å². The Bertz CT molecular complexity index is 1900. The zero-order valence-electron chi connectivity index (χ0n) is 24.3. The second kappa shape index (κ2) is 7.28. The first-order chi connectivity index (χ1) is 18.4. The summed E-state index contributed by atoms with van der Waals surface area (Å²) in [4.78, 5) is 4.59. The number of pyridine rings is 2. The number of furan rings is 1. The number of rotatable bonds is 2. The van der Waals surface area contributed by atoms with E-state index in [9.17, 15) is 0 Å². The monoisotopic (exact) mass is 435 g/mol. The Morgan fingerprint density at radius 1 is 0.818 bits per heavy atom. The molecule has 3 nitrogen and oxygen atoms in total. The van der Waals surface area contributed by atoms with Crippen molar-refractivity contribution in [3.05, 3.63) is 95.8 Å². The topological polar surface area (TPSA) is 29.9 Å². The maximum Gasteiger partial charge on any atom is 0.213 e. The average molecular weight is 436 g/mol. The van der Waals surface area contributed by atoms with Gasteiger partial charge in [-0.15, -0.1) is 0 Å². The number of fused-ring (bicyclic) bond motifs is 5. The summed E-state index contributed by atoms with van der Waals surface area (Å²) >= 11 is 0. The Kier molecular flexibility index (Phi) is 3.14. The van der Waals surface area contributed by atoms with Crippen molar-refractivity contribution in [2.45, 2.75) is 20.6 Å². The van der Waals surface area contributed by atoms with Gasteiger partial charge in [0.1, 0.15) is 18.1 Å². The first-order valence-corrected chi connectivity index (χ1v) is 10.8. The lowest BCUT2D eigenvalue weighted by molar-refractivity contribution is -0.660. The van der Waals surface area contributed by atoms with Crippen LogP contribution in [0.2, 0.25) is 0 Å². The van der Waals surface area contributed by atoms with Crippen molar-refractivity contribution in [3.63, 3.8) is 0 Å². The fraction of sp³-hybridized carbons (Fsp3) is 0.133. The molecule has 0 saturated carbocycles. The highest BCUT2D eigenvalue weighted by atomic mass is 16.3. The summed E-state index contributed by atoms with van der Waals surface area (Å²) in [6.07, 6.45) is 1.67. The Labute approximate surface area is 201 Å². The van der Waals surface area contributed by atoms with Crippen LogP contribution < -0.4 is 4.57 Å². The van der Waals surface area contributed by atoms with Crippen LogP contribution in [0, 0.1) is 20.6 Å². The molecular formula is C30H25N2O+. The van der Waals surface area contributed by atoms with Crippen LogP contribution in [-0.2, 0) is 7.05 Å². The van der Waals surface area contributed by atoms with Crippen molar-refractivity contribution in [3.8, 4) is 22.4 Å². The molecule has 0 bridgehead atoms. The molecule has 0 aliphatic carbocycles. The summed E-state index contributed by atoms with van der Waals surface area (Å²) in [6, 6.07) is 22.5. The second-order valence-corrected chi connectivity index (χ2v) is 8.41. The van der Waals surface area contributed by atoms with Gasteiger partial charge >= 0.3 is 0 Å². The van der Waals surface area contributed by atoms with E-state index in [1.807, 2.05) is 79.2 Å². The van der Waals surface area contributed by atoms with E-state index in [0.29, 0.717) is 33.0 Å². The van der Waals surface area contributed by atoms with E-state index >= 15 is 0 Å². The molecular weight excluding hydrogens is 404 g/mol. The van der Waals surface area contributed by atoms with E-state index in [4.69, 9.17) is 12.6 Å². The molecule has 3 heteroatoms. The quantitative estimate of drug-likeness (QED) is 0.269. The Morgan fingerprint density at radius 3 is 2.39 bits per heavy atom. The molecule has 0 amide bonds. The number of nitrogens with zero attached hydrogens (tertiary/aromatic N) is 2. The molecule has 3 aromatic carbocycles. The molecule has 6 rings (SSSR count). The van der Waals surface area contributed by atoms with Crippen LogP contribution in [0.3, 0.4) is 0 Å². The van der Waals surface area contributed by atoms with Gasteiger partial charge in [0, 0.05) is 41.7 Å². The average Bonchev–Trinajstić information content (AvgIpc) is 3.24. The molecule has 0 fully saturated rings. The van der Waals surface area contributed by atoms with Gasteiger partial charge in [-0.25, -0.2) is 9.55 Å². The van der Waals surface area contributed by atoms with Crippen LogP contribution in [0.15, 0.2) is 83.4 Å². The third kappa shape index (κ3) is 3.04. The molecule has 0 atom stereocenters. The Balaban J connectivity index is 1.63. The molecule has 0 saturated heterocycles. The zero-order chi connectivity index (χ0) is 27.7. The molecule has 3 heterocycles. The summed E-state index contributed by atoms with van der Waals surface area (Å²) in [7, 11) is 1.83. The van der Waals surface area contributed by atoms with Crippen molar-refractivity contribution in [2.75, 3.05) is 0 Å². The smallest absolute Gasteiger partial charge is 0.213 e. The summed E-state index contributed by atoms with van der Waals surface area (Å²) in [6.45, 7) is -2.69. The van der Waals surface area contributed by atoms with E-state index < -0.39 is 13.7 Å². The molecule has 33 heavy (non-hydrogen) atoms. The highest BCUT2D eigenvalue weighted by Gasteiger charge is 2.20. The number of aryl methyl sites for hydroxylation is 4. The number of hydrogen-bond donors (Lipinski definition) is 0. The molecule has 0 unspecified atom stereocenters. The van der Waals surface area contributed by atoms with Gasteiger partial charge in [0.15, 0.2) is 11.8 Å². The van der Waals surface area contributed by atoms with Crippen LogP contribution in [0.25, 0.3) is 55.2 Å². The normalized spacial score (nSPS) is 15.1. The van der Waals surface area contributed by atoms with E-state index in [2.05, 4.69) is 4.98 Å². The number of hydrogen-bond acceptors (Lipinski definition) is 2. The standard InChI is InChI=1S/C30H25N2O/c1-18-14-26-28(33-30-23-13-9-8-12-22(23)20(3)31-29(26)30)16-25(18)27-15-24(19(2)17-32(27)4)21-10-6-5-7-11-21/h5-17H,1-4H3/q+1/i2D3,3D3. The minimum Gasteiger partial charge on any atom is -0.454 e. The lowest BCUT2D eigenvalue weighted by Gasteiger charge is -2.10. The molecule has 0 spiro atoms. The molecule has 0 radical (unpaired) electrons. The summed E-state index contributed by atoms with van der Waals surface area (Å²) in [5, 5.41) is 1.97. The zero-order valence-corrected chi connectivity index (χ0v) is 18.3. The van der Waals surface area contributed by atoms with Crippen LogP contribution in [0.1, 0.15) is 25.0 Å². The number of aromatic nitrogens is 2. The highest BCUT2D eigenvalue weighted by molar-refractivity contribution is 6.14. The van der Waals surface area contributed by atoms with Gasteiger partial charge in [-0.05, 0) is 49.5 Å². The van der Waals surface area contributed by atoms with Gasteiger partial charge < -0.3 is 4.42 Å². The van der Waals surface area contributed by atoms with Gasteiger partial charge in [0.05, 0.1) is 5.56 Å². The van der Waals surface area contributed by atoms with Crippen molar-refractivity contribution in [1.29, 1.82) is 0 Å². The molecule has 0 aliphatic heterocycles. The van der Waals surface area contributed by atoms with Crippen LogP contribution >= 0.6 is 0 Å². The van der Waals surface area contributed by atoms with E-state index in [-0.39, 0.29) is 11.3 Å². The second-order valence-electron chi connectivity index (χ2n) is 8.41.